The molecule has 10 nitrogen and oxygen atoms in total. The molecule has 2 amide bonds. The molecule has 0 saturated heterocycles. The molecular weight excluding hydrogens is 448 g/mol. The highest BCUT2D eigenvalue weighted by Gasteiger charge is 2.20. The van der Waals surface area contributed by atoms with E-state index in [1.807, 2.05) is 13.0 Å². The summed E-state index contributed by atoms with van der Waals surface area (Å²) in [6.45, 7) is 2.21. The number of aromatic nitrogens is 4. The van der Waals surface area contributed by atoms with E-state index in [1.165, 1.54) is 21.8 Å². The smallest absolute Gasteiger partial charge is 0.276 e. The van der Waals surface area contributed by atoms with Gasteiger partial charge in [-0.05, 0) is 48.9 Å². The Balaban J connectivity index is 1.38. The van der Waals surface area contributed by atoms with Crippen molar-refractivity contribution >= 4 is 29.1 Å². The first-order chi connectivity index (χ1) is 15.9. The number of furan rings is 1. The molecule has 4 rings (SSSR count). The summed E-state index contributed by atoms with van der Waals surface area (Å²) >= 11 is 6.02. The molecule has 0 aliphatic heterocycles. The van der Waals surface area contributed by atoms with Gasteiger partial charge in [0.05, 0.1) is 24.7 Å². The average molecular weight is 469 g/mol. The second-order valence-electron chi connectivity index (χ2n) is 7.17. The highest BCUT2D eigenvalue weighted by molar-refractivity contribution is 6.31. The van der Waals surface area contributed by atoms with Crippen molar-refractivity contribution in [2.75, 3.05) is 5.32 Å². The Kier molecular flexibility index (Phi) is 6.45. The minimum absolute atomic E-state index is 0.113. The van der Waals surface area contributed by atoms with Gasteiger partial charge < -0.3 is 19.8 Å². The number of amides is 2. The fourth-order valence-corrected chi connectivity index (χ4v) is 3.17. The topological polar surface area (TPSA) is 116 Å². The Hall–Kier alpha value is -4.05. The first kappa shape index (κ1) is 22.2. The number of carbonyl (C=O) groups excluding carboxylic acids is 2. The number of nitrogens with one attached hydrogen (secondary N) is 2. The molecule has 170 valence electrons. The third-order valence-electron chi connectivity index (χ3n) is 4.77. The van der Waals surface area contributed by atoms with Crippen LogP contribution in [0, 0.1) is 6.92 Å². The highest BCUT2D eigenvalue weighted by atomic mass is 35.5. The van der Waals surface area contributed by atoms with Crippen molar-refractivity contribution < 1.29 is 18.7 Å². The standard InChI is InChI=1S/C22H21ClN6O4/c1-14-10-15(5-6-17(14)23)33-13-29-8-7-18(27-29)21(30)26-19-12-25-28(2)20(19)22(31)24-11-16-4-3-9-32-16/h3-10,12H,11,13H2,1-2H3,(H,24,31)(H,26,30). The number of anilines is 1. The molecule has 0 aliphatic rings. The molecular formula is C22H21ClN6O4. The van der Waals surface area contributed by atoms with Crippen molar-refractivity contribution in [3.63, 3.8) is 0 Å². The first-order valence-corrected chi connectivity index (χ1v) is 10.3. The van der Waals surface area contributed by atoms with Crippen LogP contribution in [-0.2, 0) is 20.3 Å². The van der Waals surface area contributed by atoms with Gasteiger partial charge in [-0.3, -0.25) is 14.3 Å². The predicted octanol–water partition coefficient (Wildman–Crippen LogP) is 3.39. The zero-order chi connectivity index (χ0) is 23.4. The molecule has 3 heterocycles. The minimum Gasteiger partial charge on any atom is -0.471 e. The van der Waals surface area contributed by atoms with Gasteiger partial charge >= 0.3 is 0 Å². The SMILES string of the molecule is Cc1cc(OCn2ccc(C(=O)Nc3cnn(C)c3C(=O)NCc3ccco3)n2)ccc1Cl. The molecule has 0 saturated carbocycles. The summed E-state index contributed by atoms with van der Waals surface area (Å²) in [6.07, 6.45) is 4.55. The Labute approximate surface area is 194 Å². The van der Waals surface area contributed by atoms with Crippen LogP contribution in [0.15, 0.2) is 59.5 Å². The summed E-state index contributed by atoms with van der Waals surface area (Å²) in [5.41, 5.74) is 1.53. The summed E-state index contributed by atoms with van der Waals surface area (Å²) in [6, 6.07) is 10.4. The van der Waals surface area contributed by atoms with Crippen LogP contribution < -0.4 is 15.4 Å². The van der Waals surface area contributed by atoms with E-state index in [4.69, 9.17) is 20.8 Å². The average Bonchev–Trinajstić information content (AvgIpc) is 3.55. The quantitative estimate of drug-likeness (QED) is 0.409. The van der Waals surface area contributed by atoms with Crippen LogP contribution in [0.5, 0.6) is 5.75 Å². The van der Waals surface area contributed by atoms with Gasteiger partial charge in [-0.15, -0.1) is 0 Å². The van der Waals surface area contributed by atoms with E-state index in [-0.39, 0.29) is 30.4 Å². The van der Waals surface area contributed by atoms with E-state index in [1.54, 1.807) is 43.6 Å². The van der Waals surface area contributed by atoms with Gasteiger partial charge in [0.2, 0.25) is 0 Å². The second-order valence-corrected chi connectivity index (χ2v) is 7.58. The summed E-state index contributed by atoms with van der Waals surface area (Å²) in [5.74, 6) is 0.361. The van der Waals surface area contributed by atoms with Crippen LogP contribution in [-0.4, -0.2) is 31.4 Å². The molecule has 4 aromatic rings. The third-order valence-corrected chi connectivity index (χ3v) is 5.20. The van der Waals surface area contributed by atoms with Crippen LogP contribution in [0.1, 0.15) is 32.3 Å². The summed E-state index contributed by atoms with van der Waals surface area (Å²) < 4.78 is 13.8. The van der Waals surface area contributed by atoms with Gasteiger partial charge in [-0.1, -0.05) is 11.6 Å². The van der Waals surface area contributed by atoms with Gasteiger partial charge in [0, 0.05) is 18.3 Å². The summed E-state index contributed by atoms with van der Waals surface area (Å²) in [4.78, 5) is 25.3. The van der Waals surface area contributed by atoms with Gasteiger partial charge in [0.1, 0.15) is 17.2 Å². The van der Waals surface area contributed by atoms with E-state index in [0.29, 0.717) is 16.5 Å². The minimum atomic E-state index is -0.482. The number of hydrogen-bond donors (Lipinski definition) is 2. The fourth-order valence-electron chi connectivity index (χ4n) is 3.05. The molecule has 0 fully saturated rings. The van der Waals surface area contributed by atoms with Gasteiger partial charge in [0.25, 0.3) is 11.8 Å². The molecule has 2 N–H and O–H groups in total. The maximum atomic E-state index is 12.7. The van der Waals surface area contributed by atoms with Crippen LogP contribution in [0.2, 0.25) is 5.02 Å². The normalized spacial score (nSPS) is 10.8. The predicted molar refractivity (Wildman–Crippen MR) is 120 cm³/mol. The number of rotatable bonds is 8. The number of aryl methyl sites for hydroxylation is 2. The van der Waals surface area contributed by atoms with Crippen LogP contribution >= 0.6 is 11.6 Å². The zero-order valence-corrected chi connectivity index (χ0v) is 18.7. The number of ether oxygens (including phenoxy) is 1. The molecule has 33 heavy (non-hydrogen) atoms. The van der Waals surface area contributed by atoms with Crippen molar-refractivity contribution in [3.8, 4) is 5.75 Å². The van der Waals surface area contributed by atoms with Gasteiger partial charge in [-0.2, -0.15) is 10.2 Å². The maximum Gasteiger partial charge on any atom is 0.276 e. The Morgan fingerprint density at radius 1 is 1.21 bits per heavy atom. The first-order valence-electron chi connectivity index (χ1n) is 9.97. The zero-order valence-electron chi connectivity index (χ0n) is 17.9. The number of benzene rings is 1. The van der Waals surface area contributed by atoms with E-state index in [9.17, 15) is 9.59 Å². The largest absolute Gasteiger partial charge is 0.471 e. The molecule has 0 atom stereocenters. The molecule has 0 radical (unpaired) electrons. The third kappa shape index (κ3) is 5.24. The van der Waals surface area contributed by atoms with Crippen molar-refractivity contribution in [1.29, 1.82) is 0 Å². The van der Waals surface area contributed by atoms with E-state index in [2.05, 4.69) is 20.8 Å². The van der Waals surface area contributed by atoms with Crippen LogP contribution in [0.25, 0.3) is 0 Å². The number of carbonyl (C=O) groups is 2. The van der Waals surface area contributed by atoms with Crippen molar-refractivity contribution in [1.82, 2.24) is 24.9 Å². The van der Waals surface area contributed by atoms with Crippen molar-refractivity contribution in [2.45, 2.75) is 20.2 Å². The lowest BCUT2D eigenvalue weighted by Gasteiger charge is -2.08. The lowest BCUT2D eigenvalue weighted by molar-refractivity contribution is 0.0939. The second kappa shape index (κ2) is 9.61. The Morgan fingerprint density at radius 2 is 2.06 bits per heavy atom. The molecule has 0 spiro atoms. The lowest BCUT2D eigenvalue weighted by atomic mass is 10.2. The number of nitrogens with zero attached hydrogens (tertiary/aromatic N) is 4. The van der Waals surface area contributed by atoms with Crippen LogP contribution in [0.3, 0.4) is 0 Å². The van der Waals surface area contributed by atoms with E-state index in [0.717, 1.165) is 5.56 Å². The number of halogens is 1. The Morgan fingerprint density at radius 3 is 2.82 bits per heavy atom. The monoisotopic (exact) mass is 468 g/mol. The van der Waals surface area contributed by atoms with E-state index >= 15 is 0 Å². The summed E-state index contributed by atoms with van der Waals surface area (Å²) in [5, 5.41) is 14.4. The summed E-state index contributed by atoms with van der Waals surface area (Å²) in [7, 11) is 1.61. The van der Waals surface area contributed by atoms with Gasteiger partial charge in [-0.25, -0.2) is 4.68 Å². The lowest BCUT2D eigenvalue weighted by Crippen LogP contribution is -2.26. The fraction of sp³-hybridized carbons (Fsp3) is 0.182. The van der Waals surface area contributed by atoms with Crippen molar-refractivity contribution in [3.05, 3.63) is 82.8 Å². The number of hydrogen-bond acceptors (Lipinski definition) is 6. The molecule has 0 aliphatic carbocycles. The molecule has 1 aromatic carbocycles. The Bertz CT molecular complexity index is 1280. The molecule has 3 aromatic heterocycles. The van der Waals surface area contributed by atoms with Crippen LogP contribution in [0.4, 0.5) is 5.69 Å². The highest BCUT2D eigenvalue weighted by Crippen LogP contribution is 2.21. The van der Waals surface area contributed by atoms with Crippen molar-refractivity contribution in [2.24, 2.45) is 7.05 Å². The van der Waals surface area contributed by atoms with E-state index < -0.39 is 11.8 Å². The maximum absolute atomic E-state index is 12.7. The molecule has 0 bridgehead atoms. The molecule has 0 unspecified atom stereocenters. The van der Waals surface area contributed by atoms with Gasteiger partial charge in [0.15, 0.2) is 12.4 Å². The molecule has 11 heteroatoms.